The van der Waals surface area contributed by atoms with E-state index in [1.165, 1.54) is 6.42 Å². The lowest BCUT2D eigenvalue weighted by Crippen LogP contribution is -2.54. The maximum absolute atomic E-state index is 12.7. The fourth-order valence-corrected chi connectivity index (χ4v) is 4.01. The third-order valence-electron chi connectivity index (χ3n) is 5.42. The van der Waals surface area contributed by atoms with Crippen LogP contribution in [0.25, 0.3) is 0 Å². The smallest absolute Gasteiger partial charge is 0.237 e. The molecule has 1 amide bonds. The molecule has 0 saturated carbocycles. The summed E-state index contributed by atoms with van der Waals surface area (Å²) >= 11 is 0. The topological polar surface area (TPSA) is 39.7 Å². The molecule has 2 aliphatic rings. The summed E-state index contributed by atoms with van der Waals surface area (Å²) in [5.74, 6) is 0.313. The molecule has 0 N–H and O–H groups in total. The van der Waals surface area contributed by atoms with E-state index in [1.54, 1.807) is 0 Å². The number of hydrogen-bond acceptors (Lipinski definition) is 4. The fraction of sp³-hybridized carbons (Fsp3) is 0.684. The summed E-state index contributed by atoms with van der Waals surface area (Å²) in [5.41, 5.74) is 1.12. The van der Waals surface area contributed by atoms with Crippen molar-refractivity contribution in [3.8, 4) is 0 Å². The Morgan fingerprint density at radius 3 is 2.38 bits per heavy atom. The van der Waals surface area contributed by atoms with Crippen LogP contribution in [-0.2, 0) is 11.3 Å². The van der Waals surface area contributed by atoms with Gasteiger partial charge in [-0.25, -0.2) is 0 Å². The first kappa shape index (κ1) is 17.4. The number of aromatic nitrogens is 1. The second-order valence-electron chi connectivity index (χ2n) is 7.30. The lowest BCUT2D eigenvalue weighted by Gasteiger charge is -2.41. The van der Waals surface area contributed by atoms with E-state index in [1.807, 2.05) is 18.3 Å². The van der Waals surface area contributed by atoms with Crippen LogP contribution in [0.5, 0.6) is 0 Å². The largest absolute Gasteiger partial charge is 0.336 e. The minimum atomic E-state index is 0.313. The van der Waals surface area contributed by atoms with Gasteiger partial charge < -0.3 is 4.90 Å². The SMILES string of the molecule is CC1CCCC(C)N1C(=O)CN1CCN(Cc2ccccn2)CC1. The minimum Gasteiger partial charge on any atom is -0.336 e. The molecule has 1 aromatic rings. The normalized spacial score (nSPS) is 26.5. The van der Waals surface area contributed by atoms with Gasteiger partial charge in [-0.05, 0) is 45.2 Å². The molecule has 1 aromatic heterocycles. The molecular weight excluding hydrogens is 300 g/mol. The molecule has 2 aliphatic heterocycles. The molecule has 0 spiro atoms. The van der Waals surface area contributed by atoms with Crippen LogP contribution in [0.4, 0.5) is 0 Å². The zero-order chi connectivity index (χ0) is 16.9. The number of nitrogens with zero attached hydrogens (tertiary/aromatic N) is 4. The predicted molar refractivity (Wildman–Crippen MR) is 95.6 cm³/mol. The zero-order valence-electron chi connectivity index (χ0n) is 15.0. The van der Waals surface area contributed by atoms with Gasteiger partial charge in [-0.15, -0.1) is 0 Å². The summed E-state index contributed by atoms with van der Waals surface area (Å²) in [6.07, 6.45) is 5.39. The maximum atomic E-state index is 12.7. The standard InChI is InChI=1S/C19H30N4O/c1-16-6-5-7-17(2)23(16)19(24)15-22-12-10-21(11-13-22)14-18-8-3-4-9-20-18/h3-4,8-9,16-17H,5-7,10-15H2,1-2H3. The summed E-state index contributed by atoms with van der Waals surface area (Å²) in [5, 5.41) is 0. The van der Waals surface area contributed by atoms with Gasteiger partial charge in [0.15, 0.2) is 0 Å². The summed E-state index contributed by atoms with van der Waals surface area (Å²) in [6, 6.07) is 6.86. The molecule has 5 heteroatoms. The first-order valence-corrected chi connectivity index (χ1v) is 9.29. The van der Waals surface area contributed by atoms with Gasteiger partial charge in [0, 0.05) is 51.0 Å². The molecule has 2 atom stereocenters. The van der Waals surface area contributed by atoms with Crippen molar-refractivity contribution in [3.63, 3.8) is 0 Å². The lowest BCUT2D eigenvalue weighted by atomic mass is 9.97. The van der Waals surface area contributed by atoms with Crippen LogP contribution in [0.15, 0.2) is 24.4 Å². The van der Waals surface area contributed by atoms with E-state index in [2.05, 4.69) is 39.6 Å². The van der Waals surface area contributed by atoms with E-state index in [0.29, 0.717) is 24.5 Å². The van der Waals surface area contributed by atoms with Crippen LogP contribution in [0.3, 0.4) is 0 Å². The molecule has 24 heavy (non-hydrogen) atoms. The first-order chi connectivity index (χ1) is 11.6. The number of carbonyl (C=O) groups excluding carboxylic acids is 1. The average molecular weight is 330 g/mol. The van der Waals surface area contributed by atoms with Gasteiger partial charge in [-0.1, -0.05) is 6.07 Å². The molecule has 0 radical (unpaired) electrons. The summed E-state index contributed by atoms with van der Waals surface area (Å²) in [6.45, 7) is 9.82. The van der Waals surface area contributed by atoms with Crippen molar-refractivity contribution in [2.24, 2.45) is 0 Å². The van der Waals surface area contributed by atoms with E-state index in [0.717, 1.165) is 51.3 Å². The Morgan fingerprint density at radius 2 is 1.75 bits per heavy atom. The number of amides is 1. The van der Waals surface area contributed by atoms with Gasteiger partial charge in [-0.2, -0.15) is 0 Å². The number of pyridine rings is 1. The Hall–Kier alpha value is -1.46. The number of hydrogen-bond donors (Lipinski definition) is 0. The Bertz CT molecular complexity index is 517. The van der Waals surface area contributed by atoms with Crippen molar-refractivity contribution < 1.29 is 4.79 Å². The molecule has 0 aromatic carbocycles. The maximum Gasteiger partial charge on any atom is 0.237 e. The number of rotatable bonds is 4. The van der Waals surface area contributed by atoms with E-state index in [-0.39, 0.29) is 0 Å². The monoisotopic (exact) mass is 330 g/mol. The Balaban J connectivity index is 1.46. The second-order valence-corrected chi connectivity index (χ2v) is 7.30. The second kappa shape index (κ2) is 8.08. The minimum absolute atomic E-state index is 0.313. The zero-order valence-corrected chi connectivity index (χ0v) is 15.0. The molecule has 5 nitrogen and oxygen atoms in total. The van der Waals surface area contributed by atoms with E-state index < -0.39 is 0 Å². The van der Waals surface area contributed by atoms with Gasteiger partial charge in [0.2, 0.25) is 5.91 Å². The highest BCUT2D eigenvalue weighted by Gasteiger charge is 2.30. The van der Waals surface area contributed by atoms with Crippen LogP contribution < -0.4 is 0 Å². The van der Waals surface area contributed by atoms with Crippen molar-refractivity contribution in [2.45, 2.75) is 51.7 Å². The molecule has 2 unspecified atom stereocenters. The molecule has 2 fully saturated rings. The van der Waals surface area contributed by atoms with Gasteiger partial charge in [-0.3, -0.25) is 19.6 Å². The Labute approximate surface area is 145 Å². The third-order valence-corrected chi connectivity index (χ3v) is 5.42. The van der Waals surface area contributed by atoms with Gasteiger partial charge >= 0.3 is 0 Å². The van der Waals surface area contributed by atoms with Crippen molar-refractivity contribution in [1.29, 1.82) is 0 Å². The van der Waals surface area contributed by atoms with Crippen LogP contribution in [0.2, 0.25) is 0 Å². The lowest BCUT2D eigenvalue weighted by molar-refractivity contribution is -0.139. The van der Waals surface area contributed by atoms with Crippen LogP contribution in [-0.4, -0.2) is 70.4 Å². The van der Waals surface area contributed by atoms with E-state index in [4.69, 9.17) is 0 Å². The van der Waals surface area contributed by atoms with Crippen LogP contribution >= 0.6 is 0 Å². The molecule has 3 heterocycles. The van der Waals surface area contributed by atoms with Crippen molar-refractivity contribution in [2.75, 3.05) is 32.7 Å². The number of piperazine rings is 1. The molecular formula is C19H30N4O. The quantitative estimate of drug-likeness (QED) is 0.846. The van der Waals surface area contributed by atoms with Gasteiger partial charge in [0.1, 0.15) is 0 Å². The Kier molecular flexibility index (Phi) is 5.85. The highest BCUT2D eigenvalue weighted by atomic mass is 16.2. The first-order valence-electron chi connectivity index (χ1n) is 9.29. The molecule has 2 saturated heterocycles. The summed E-state index contributed by atoms with van der Waals surface area (Å²) in [7, 11) is 0. The molecule has 132 valence electrons. The highest BCUT2D eigenvalue weighted by molar-refractivity contribution is 5.79. The van der Waals surface area contributed by atoms with E-state index >= 15 is 0 Å². The Morgan fingerprint density at radius 1 is 1.08 bits per heavy atom. The predicted octanol–water partition coefficient (Wildman–Crippen LogP) is 1.99. The average Bonchev–Trinajstić information content (AvgIpc) is 2.57. The summed E-state index contributed by atoms with van der Waals surface area (Å²) in [4.78, 5) is 24.0. The number of piperidine rings is 1. The molecule has 0 bridgehead atoms. The van der Waals surface area contributed by atoms with Crippen molar-refractivity contribution in [1.82, 2.24) is 19.7 Å². The van der Waals surface area contributed by atoms with Crippen LogP contribution in [0, 0.1) is 0 Å². The van der Waals surface area contributed by atoms with Gasteiger partial charge in [0.25, 0.3) is 0 Å². The third kappa shape index (κ3) is 4.33. The van der Waals surface area contributed by atoms with Gasteiger partial charge in [0.05, 0.1) is 12.2 Å². The van der Waals surface area contributed by atoms with Crippen molar-refractivity contribution in [3.05, 3.63) is 30.1 Å². The molecule has 0 aliphatic carbocycles. The molecule has 3 rings (SSSR count). The number of likely N-dealkylation sites (tertiary alicyclic amines) is 1. The fourth-order valence-electron chi connectivity index (χ4n) is 4.01. The highest BCUT2D eigenvalue weighted by Crippen LogP contribution is 2.22. The van der Waals surface area contributed by atoms with Crippen LogP contribution in [0.1, 0.15) is 38.8 Å². The number of carbonyl (C=O) groups is 1. The summed E-state index contributed by atoms with van der Waals surface area (Å²) < 4.78 is 0. The van der Waals surface area contributed by atoms with Crippen molar-refractivity contribution >= 4 is 5.91 Å². The van der Waals surface area contributed by atoms with E-state index in [9.17, 15) is 4.79 Å².